The number of hydrogen-bond donors (Lipinski definition) is 1. The molecule has 0 saturated carbocycles. The predicted molar refractivity (Wildman–Crippen MR) is 84.6 cm³/mol. The van der Waals surface area contributed by atoms with Gasteiger partial charge in [0.05, 0.1) is 10.7 Å². The van der Waals surface area contributed by atoms with E-state index in [1.807, 2.05) is 39.3 Å². The summed E-state index contributed by atoms with van der Waals surface area (Å²) in [6, 6.07) is 5.50. The molecule has 1 aromatic carbocycles. The molecule has 0 aliphatic rings. The van der Waals surface area contributed by atoms with E-state index in [1.165, 1.54) is 0 Å². The minimum Gasteiger partial charge on any atom is -0.478 e. The molecule has 0 bridgehead atoms. The Hall–Kier alpha value is -1.52. The molecule has 110 valence electrons. The van der Waals surface area contributed by atoms with E-state index >= 15 is 0 Å². The van der Waals surface area contributed by atoms with E-state index in [1.54, 1.807) is 6.08 Å². The number of carbonyl (C=O) groups is 1. The molecule has 0 aliphatic carbocycles. The van der Waals surface area contributed by atoms with Gasteiger partial charge in [0.1, 0.15) is 0 Å². The highest BCUT2D eigenvalue weighted by molar-refractivity contribution is 6.33. The van der Waals surface area contributed by atoms with Crippen molar-refractivity contribution < 1.29 is 9.90 Å². The molecule has 0 atom stereocenters. The Balaban J connectivity index is 2.88. The normalized spacial score (nSPS) is 11.2. The van der Waals surface area contributed by atoms with Gasteiger partial charge in [-0.3, -0.25) is 0 Å². The summed E-state index contributed by atoms with van der Waals surface area (Å²) >= 11 is 6.25. The van der Waals surface area contributed by atoms with E-state index in [9.17, 15) is 4.79 Å². The number of carboxylic acid groups (broad SMARTS) is 1. The maximum absolute atomic E-state index is 10.6. The number of anilines is 1. The molecular formula is C15H21ClN2O2. The van der Waals surface area contributed by atoms with E-state index in [2.05, 4.69) is 9.80 Å². The number of hydrogen-bond acceptors (Lipinski definition) is 3. The summed E-state index contributed by atoms with van der Waals surface area (Å²) in [5.74, 6) is -0.966. The molecule has 5 heteroatoms. The topological polar surface area (TPSA) is 43.8 Å². The molecule has 0 spiro atoms. The van der Waals surface area contributed by atoms with Crippen molar-refractivity contribution >= 4 is 29.3 Å². The predicted octanol–water partition coefficient (Wildman–Crippen LogP) is 2.83. The standard InChI is InChI=1S/C15H21ClN2O2/c1-17(2)10-5-11-18(3)15-12(8-9-14(19)20)6-4-7-13(15)16/h4,6-9H,5,10-11H2,1-3H3,(H,19,20)/b9-8+. The van der Waals surface area contributed by atoms with Crippen LogP contribution >= 0.6 is 11.6 Å². The minimum atomic E-state index is -0.966. The van der Waals surface area contributed by atoms with Crippen LogP contribution in [-0.2, 0) is 4.79 Å². The summed E-state index contributed by atoms with van der Waals surface area (Å²) in [6.45, 7) is 1.85. The number of halogens is 1. The first-order valence-electron chi connectivity index (χ1n) is 6.47. The SMILES string of the molecule is CN(C)CCCN(C)c1c(Cl)cccc1/C=C/C(=O)O. The molecular weight excluding hydrogens is 276 g/mol. The van der Waals surface area contributed by atoms with Crippen LogP contribution in [0.1, 0.15) is 12.0 Å². The molecule has 1 aromatic rings. The van der Waals surface area contributed by atoms with Crippen LogP contribution < -0.4 is 4.90 Å². The van der Waals surface area contributed by atoms with Crippen LogP contribution in [0.5, 0.6) is 0 Å². The second-order valence-corrected chi connectivity index (χ2v) is 5.33. The maximum Gasteiger partial charge on any atom is 0.328 e. The van der Waals surface area contributed by atoms with Crippen LogP contribution in [0.2, 0.25) is 5.02 Å². The lowest BCUT2D eigenvalue weighted by molar-refractivity contribution is -0.131. The Labute approximate surface area is 125 Å². The molecule has 4 nitrogen and oxygen atoms in total. The van der Waals surface area contributed by atoms with Crippen molar-refractivity contribution in [3.8, 4) is 0 Å². The maximum atomic E-state index is 10.6. The third kappa shape index (κ3) is 5.23. The van der Waals surface area contributed by atoms with Gasteiger partial charge < -0.3 is 14.9 Å². The van der Waals surface area contributed by atoms with E-state index < -0.39 is 5.97 Å². The van der Waals surface area contributed by atoms with Crippen LogP contribution in [0, 0.1) is 0 Å². The molecule has 0 radical (unpaired) electrons. The zero-order chi connectivity index (χ0) is 15.1. The van der Waals surface area contributed by atoms with Gasteiger partial charge in [0.2, 0.25) is 0 Å². The second kappa shape index (κ2) is 7.92. The Morgan fingerprint density at radius 2 is 2.00 bits per heavy atom. The highest BCUT2D eigenvalue weighted by Crippen LogP contribution is 2.30. The summed E-state index contributed by atoms with van der Waals surface area (Å²) in [6.07, 6.45) is 3.71. The lowest BCUT2D eigenvalue weighted by Gasteiger charge is -2.23. The molecule has 0 heterocycles. The summed E-state index contributed by atoms with van der Waals surface area (Å²) in [5, 5.41) is 9.37. The molecule has 0 amide bonds. The number of para-hydroxylation sites is 1. The van der Waals surface area contributed by atoms with Crippen LogP contribution in [0.4, 0.5) is 5.69 Å². The number of rotatable bonds is 7. The first-order valence-corrected chi connectivity index (χ1v) is 6.85. The summed E-state index contributed by atoms with van der Waals surface area (Å²) in [4.78, 5) is 14.8. The summed E-state index contributed by atoms with van der Waals surface area (Å²) in [7, 11) is 6.04. The molecule has 1 rings (SSSR count). The molecule has 0 aliphatic heterocycles. The second-order valence-electron chi connectivity index (χ2n) is 4.93. The van der Waals surface area contributed by atoms with Crippen LogP contribution in [-0.4, -0.2) is 50.2 Å². The Morgan fingerprint density at radius 1 is 1.30 bits per heavy atom. The van der Waals surface area contributed by atoms with Gasteiger partial charge >= 0.3 is 5.97 Å². The minimum absolute atomic E-state index is 0.630. The number of nitrogens with zero attached hydrogens (tertiary/aromatic N) is 2. The Bertz CT molecular complexity index is 487. The van der Waals surface area contributed by atoms with Crippen molar-refractivity contribution in [2.45, 2.75) is 6.42 Å². The quantitative estimate of drug-likeness (QED) is 0.786. The monoisotopic (exact) mass is 296 g/mol. The van der Waals surface area contributed by atoms with Crippen molar-refractivity contribution in [1.82, 2.24) is 4.90 Å². The van der Waals surface area contributed by atoms with Gasteiger partial charge in [-0.2, -0.15) is 0 Å². The van der Waals surface area contributed by atoms with E-state index in [0.29, 0.717) is 5.02 Å². The van der Waals surface area contributed by atoms with Gasteiger partial charge in [0.15, 0.2) is 0 Å². The first kappa shape index (κ1) is 16.5. The van der Waals surface area contributed by atoms with Crippen LogP contribution in [0.25, 0.3) is 6.08 Å². The lowest BCUT2D eigenvalue weighted by atomic mass is 10.1. The average Bonchev–Trinajstić information content (AvgIpc) is 2.35. The van der Waals surface area contributed by atoms with Crippen molar-refractivity contribution in [3.63, 3.8) is 0 Å². The van der Waals surface area contributed by atoms with Gasteiger partial charge in [-0.1, -0.05) is 23.7 Å². The zero-order valence-electron chi connectivity index (χ0n) is 12.1. The fraction of sp³-hybridized carbons (Fsp3) is 0.400. The Kier molecular flexibility index (Phi) is 6.55. The highest BCUT2D eigenvalue weighted by atomic mass is 35.5. The molecule has 0 saturated heterocycles. The van der Waals surface area contributed by atoms with Crippen molar-refractivity contribution in [2.24, 2.45) is 0 Å². The largest absolute Gasteiger partial charge is 0.478 e. The van der Waals surface area contributed by atoms with Gasteiger partial charge in [0, 0.05) is 19.7 Å². The van der Waals surface area contributed by atoms with Crippen molar-refractivity contribution in [3.05, 3.63) is 34.9 Å². The number of carboxylic acids is 1. The number of benzene rings is 1. The van der Waals surface area contributed by atoms with Crippen molar-refractivity contribution in [1.29, 1.82) is 0 Å². The Morgan fingerprint density at radius 3 is 2.60 bits per heavy atom. The third-order valence-corrected chi connectivity index (χ3v) is 3.21. The van der Waals surface area contributed by atoms with Gasteiger partial charge in [-0.25, -0.2) is 4.79 Å². The van der Waals surface area contributed by atoms with E-state index in [-0.39, 0.29) is 0 Å². The fourth-order valence-electron chi connectivity index (χ4n) is 1.97. The molecule has 0 unspecified atom stereocenters. The average molecular weight is 297 g/mol. The van der Waals surface area contributed by atoms with Crippen LogP contribution in [0.3, 0.4) is 0 Å². The lowest BCUT2D eigenvalue weighted by Crippen LogP contribution is -2.24. The zero-order valence-corrected chi connectivity index (χ0v) is 12.9. The van der Waals surface area contributed by atoms with Crippen LogP contribution in [0.15, 0.2) is 24.3 Å². The molecule has 0 aromatic heterocycles. The van der Waals surface area contributed by atoms with Gasteiger partial charge in [0.25, 0.3) is 0 Å². The summed E-state index contributed by atoms with van der Waals surface area (Å²) < 4.78 is 0. The molecule has 1 N–H and O–H groups in total. The highest BCUT2D eigenvalue weighted by Gasteiger charge is 2.10. The van der Waals surface area contributed by atoms with Gasteiger partial charge in [-0.15, -0.1) is 0 Å². The molecule has 20 heavy (non-hydrogen) atoms. The smallest absolute Gasteiger partial charge is 0.328 e. The molecule has 0 fully saturated rings. The number of aliphatic carboxylic acids is 1. The third-order valence-electron chi connectivity index (χ3n) is 2.90. The first-order chi connectivity index (χ1) is 9.41. The summed E-state index contributed by atoms with van der Waals surface area (Å²) in [5.41, 5.74) is 1.68. The van der Waals surface area contributed by atoms with E-state index in [0.717, 1.165) is 36.8 Å². The van der Waals surface area contributed by atoms with Gasteiger partial charge in [-0.05, 0) is 44.8 Å². The van der Waals surface area contributed by atoms with Crippen molar-refractivity contribution in [2.75, 3.05) is 39.1 Å². The fourth-order valence-corrected chi connectivity index (χ4v) is 2.29. The van der Waals surface area contributed by atoms with E-state index in [4.69, 9.17) is 16.7 Å².